The molecule has 0 saturated heterocycles. The summed E-state index contributed by atoms with van der Waals surface area (Å²) in [5.41, 5.74) is 8.14. The molecule has 0 radical (unpaired) electrons. The first kappa shape index (κ1) is 7.84. The fourth-order valence-corrected chi connectivity index (χ4v) is 1.57. The maximum Gasteiger partial charge on any atom is 0.0412 e. The molecule has 0 fully saturated rings. The van der Waals surface area contributed by atoms with Crippen LogP contribution < -0.4 is 5.73 Å². The number of hydrogen-bond donors (Lipinski definition) is 1. The first-order valence-corrected chi connectivity index (χ1v) is 4.36. The first-order valence-electron chi connectivity index (χ1n) is 3.98. The normalized spacial score (nSPS) is 21.5. The molecule has 0 bridgehead atoms. The molecular weight excluding hydrogens is 170 g/mol. The van der Waals surface area contributed by atoms with Gasteiger partial charge in [0.05, 0.1) is 0 Å². The van der Waals surface area contributed by atoms with Crippen LogP contribution in [0.5, 0.6) is 0 Å². The molecule has 0 aliphatic heterocycles. The van der Waals surface area contributed by atoms with Gasteiger partial charge in [0.1, 0.15) is 0 Å². The first-order chi connectivity index (χ1) is 5.75. The van der Waals surface area contributed by atoms with E-state index in [4.69, 9.17) is 17.3 Å². The van der Waals surface area contributed by atoms with Gasteiger partial charge in [-0.25, -0.2) is 0 Å². The van der Waals surface area contributed by atoms with Crippen LogP contribution >= 0.6 is 11.6 Å². The largest absolute Gasteiger partial charge is 0.324 e. The smallest absolute Gasteiger partial charge is 0.0412 e. The number of halogens is 1. The van der Waals surface area contributed by atoms with Crippen LogP contribution in [0.4, 0.5) is 0 Å². The molecule has 1 aliphatic rings. The Morgan fingerprint density at radius 2 is 2.17 bits per heavy atom. The van der Waals surface area contributed by atoms with Crippen LogP contribution in [-0.4, -0.2) is 6.04 Å². The third-order valence-corrected chi connectivity index (χ3v) is 2.30. The van der Waals surface area contributed by atoms with E-state index in [2.05, 4.69) is 12.1 Å². The van der Waals surface area contributed by atoms with Gasteiger partial charge in [-0.3, -0.25) is 0 Å². The van der Waals surface area contributed by atoms with Crippen molar-refractivity contribution >= 4 is 17.2 Å². The molecule has 1 aromatic carbocycles. The van der Waals surface area contributed by atoms with Crippen LogP contribution in [0.2, 0.25) is 5.02 Å². The summed E-state index contributed by atoms with van der Waals surface area (Å²) in [4.78, 5) is 0. The summed E-state index contributed by atoms with van der Waals surface area (Å²) in [5.74, 6) is 0. The molecule has 2 rings (SSSR count). The molecule has 0 aromatic heterocycles. The van der Waals surface area contributed by atoms with E-state index in [1.54, 1.807) is 0 Å². The van der Waals surface area contributed by atoms with Gasteiger partial charge < -0.3 is 5.73 Å². The molecule has 12 heavy (non-hydrogen) atoms. The van der Waals surface area contributed by atoms with E-state index in [-0.39, 0.29) is 6.04 Å². The van der Waals surface area contributed by atoms with E-state index >= 15 is 0 Å². The Hall–Kier alpha value is -0.790. The van der Waals surface area contributed by atoms with Crippen LogP contribution in [0.25, 0.3) is 5.57 Å². The molecule has 2 heteroatoms. The monoisotopic (exact) mass is 179 g/mol. The van der Waals surface area contributed by atoms with E-state index in [1.807, 2.05) is 18.2 Å². The van der Waals surface area contributed by atoms with Crippen molar-refractivity contribution in [3.8, 4) is 0 Å². The Balaban J connectivity index is 2.30. The lowest BCUT2D eigenvalue weighted by Crippen LogP contribution is -2.24. The van der Waals surface area contributed by atoms with Gasteiger partial charge in [-0.05, 0) is 29.7 Å². The third kappa shape index (κ3) is 1.38. The fraction of sp³-hybridized carbons (Fsp3) is 0.200. The predicted molar refractivity (Wildman–Crippen MR) is 52.0 cm³/mol. The quantitative estimate of drug-likeness (QED) is 0.704. The van der Waals surface area contributed by atoms with E-state index < -0.39 is 0 Å². The minimum atomic E-state index is 0.249. The van der Waals surface area contributed by atoms with E-state index in [1.165, 1.54) is 11.1 Å². The molecule has 1 aromatic rings. The molecule has 1 aliphatic carbocycles. The summed E-state index contributed by atoms with van der Waals surface area (Å²) < 4.78 is 0. The van der Waals surface area contributed by atoms with Crippen molar-refractivity contribution in [3.05, 3.63) is 40.9 Å². The molecule has 1 unspecified atom stereocenters. The number of benzene rings is 1. The Kier molecular flexibility index (Phi) is 1.91. The van der Waals surface area contributed by atoms with E-state index in [0.717, 1.165) is 11.4 Å². The van der Waals surface area contributed by atoms with Crippen molar-refractivity contribution in [3.63, 3.8) is 0 Å². The Labute approximate surface area is 76.8 Å². The summed E-state index contributed by atoms with van der Waals surface area (Å²) in [7, 11) is 0. The lowest BCUT2D eigenvalue weighted by atomic mass is 9.88. The van der Waals surface area contributed by atoms with Crippen LogP contribution in [-0.2, 0) is 0 Å². The Morgan fingerprint density at radius 3 is 2.75 bits per heavy atom. The standard InChI is InChI=1S/C10H10ClN/c11-9-3-1-2-7(4-9)8-5-10(12)6-8/h1-5,10H,6,12H2. The minimum Gasteiger partial charge on any atom is -0.324 e. The van der Waals surface area contributed by atoms with Crippen molar-refractivity contribution in [2.75, 3.05) is 0 Å². The van der Waals surface area contributed by atoms with Crippen LogP contribution in [0.3, 0.4) is 0 Å². The van der Waals surface area contributed by atoms with Gasteiger partial charge in [0, 0.05) is 11.1 Å². The number of nitrogens with two attached hydrogens (primary N) is 1. The number of hydrogen-bond acceptors (Lipinski definition) is 1. The summed E-state index contributed by atoms with van der Waals surface area (Å²) in [6, 6.07) is 8.12. The summed E-state index contributed by atoms with van der Waals surface area (Å²) in [5, 5.41) is 0.786. The van der Waals surface area contributed by atoms with Gasteiger partial charge >= 0.3 is 0 Å². The SMILES string of the molecule is NC1C=C(c2cccc(Cl)c2)C1. The van der Waals surface area contributed by atoms with Gasteiger partial charge in [-0.2, -0.15) is 0 Å². The molecule has 62 valence electrons. The van der Waals surface area contributed by atoms with Gasteiger partial charge in [-0.1, -0.05) is 29.8 Å². The van der Waals surface area contributed by atoms with E-state index in [9.17, 15) is 0 Å². The summed E-state index contributed by atoms with van der Waals surface area (Å²) in [6.07, 6.45) is 3.05. The number of rotatable bonds is 1. The fourth-order valence-electron chi connectivity index (χ4n) is 1.38. The maximum atomic E-state index is 5.85. The average molecular weight is 180 g/mol. The molecule has 0 saturated carbocycles. The maximum absolute atomic E-state index is 5.85. The second kappa shape index (κ2) is 2.92. The highest BCUT2D eigenvalue weighted by atomic mass is 35.5. The van der Waals surface area contributed by atoms with Gasteiger partial charge in [0.25, 0.3) is 0 Å². The highest BCUT2D eigenvalue weighted by Crippen LogP contribution is 2.29. The van der Waals surface area contributed by atoms with Crippen molar-refractivity contribution < 1.29 is 0 Å². The zero-order valence-electron chi connectivity index (χ0n) is 6.63. The lowest BCUT2D eigenvalue weighted by Gasteiger charge is -2.21. The van der Waals surface area contributed by atoms with Crippen molar-refractivity contribution in [2.24, 2.45) is 5.73 Å². The Bertz CT molecular complexity index is 330. The topological polar surface area (TPSA) is 26.0 Å². The zero-order valence-corrected chi connectivity index (χ0v) is 7.38. The van der Waals surface area contributed by atoms with Crippen molar-refractivity contribution in [1.29, 1.82) is 0 Å². The zero-order chi connectivity index (χ0) is 8.55. The van der Waals surface area contributed by atoms with Crippen molar-refractivity contribution in [1.82, 2.24) is 0 Å². The highest BCUT2D eigenvalue weighted by Gasteiger charge is 2.15. The predicted octanol–water partition coefficient (Wildman–Crippen LogP) is 2.45. The highest BCUT2D eigenvalue weighted by molar-refractivity contribution is 6.30. The lowest BCUT2D eigenvalue weighted by molar-refractivity contribution is 0.790. The summed E-state index contributed by atoms with van der Waals surface area (Å²) >= 11 is 5.85. The molecule has 1 atom stereocenters. The van der Waals surface area contributed by atoms with E-state index in [0.29, 0.717) is 0 Å². The van der Waals surface area contributed by atoms with Gasteiger partial charge in [-0.15, -0.1) is 0 Å². The molecular formula is C10H10ClN. The second-order valence-corrected chi connectivity index (χ2v) is 3.51. The van der Waals surface area contributed by atoms with Crippen LogP contribution in [0, 0.1) is 0 Å². The minimum absolute atomic E-state index is 0.249. The summed E-state index contributed by atoms with van der Waals surface area (Å²) in [6.45, 7) is 0. The van der Waals surface area contributed by atoms with Gasteiger partial charge in [0.2, 0.25) is 0 Å². The molecule has 0 spiro atoms. The van der Waals surface area contributed by atoms with Crippen LogP contribution in [0.1, 0.15) is 12.0 Å². The second-order valence-electron chi connectivity index (χ2n) is 3.07. The molecule has 2 N–H and O–H groups in total. The van der Waals surface area contributed by atoms with Gasteiger partial charge in [0.15, 0.2) is 0 Å². The third-order valence-electron chi connectivity index (χ3n) is 2.07. The molecule has 1 nitrogen and oxygen atoms in total. The van der Waals surface area contributed by atoms with Crippen LogP contribution in [0.15, 0.2) is 30.3 Å². The van der Waals surface area contributed by atoms with Crippen molar-refractivity contribution in [2.45, 2.75) is 12.5 Å². The Morgan fingerprint density at radius 1 is 1.42 bits per heavy atom. The molecule has 0 amide bonds. The average Bonchev–Trinajstić information content (AvgIpc) is 1.99. The molecule has 0 heterocycles.